The Labute approximate surface area is 132 Å². The lowest BCUT2D eigenvalue weighted by Gasteiger charge is -2.12. The first-order chi connectivity index (χ1) is 11.0. The minimum Gasteiger partial charge on any atom is -0.496 e. The van der Waals surface area contributed by atoms with Gasteiger partial charge in [-0.25, -0.2) is 4.98 Å². The van der Waals surface area contributed by atoms with Crippen LogP contribution in [-0.4, -0.2) is 30.0 Å². The molecule has 0 spiro atoms. The molecule has 0 aliphatic rings. The summed E-state index contributed by atoms with van der Waals surface area (Å²) in [6.45, 7) is 1.57. The van der Waals surface area contributed by atoms with E-state index in [1.54, 1.807) is 25.1 Å². The fourth-order valence-corrected chi connectivity index (χ4v) is 2.06. The fraction of sp³-hybridized carbons (Fsp3) is 0.200. The summed E-state index contributed by atoms with van der Waals surface area (Å²) in [4.78, 5) is 26.6. The minimum atomic E-state index is -0.531. The van der Waals surface area contributed by atoms with Gasteiger partial charge in [0.25, 0.3) is 11.6 Å². The number of carbonyl (C=O) groups excluding carboxylic acids is 1. The van der Waals surface area contributed by atoms with Crippen molar-refractivity contribution in [2.75, 3.05) is 19.5 Å². The number of nitro groups is 1. The lowest BCUT2D eigenvalue weighted by molar-refractivity contribution is -0.385. The van der Waals surface area contributed by atoms with E-state index in [-0.39, 0.29) is 17.1 Å². The second kappa shape index (κ2) is 6.73. The van der Waals surface area contributed by atoms with Gasteiger partial charge in [-0.15, -0.1) is 0 Å². The maximum atomic E-state index is 12.5. The Kier molecular flexibility index (Phi) is 4.75. The van der Waals surface area contributed by atoms with Crippen molar-refractivity contribution >= 4 is 17.4 Å². The third-order valence-electron chi connectivity index (χ3n) is 3.18. The van der Waals surface area contributed by atoms with Crippen LogP contribution in [0.25, 0.3) is 0 Å². The molecule has 8 nitrogen and oxygen atoms in total. The number of aromatic nitrogens is 1. The molecule has 1 heterocycles. The van der Waals surface area contributed by atoms with E-state index >= 15 is 0 Å². The summed E-state index contributed by atoms with van der Waals surface area (Å²) in [6.07, 6.45) is 1.10. The maximum Gasteiger partial charge on any atom is 0.290 e. The zero-order valence-corrected chi connectivity index (χ0v) is 12.8. The summed E-state index contributed by atoms with van der Waals surface area (Å²) in [5, 5.41) is 13.4. The Bertz CT molecular complexity index is 739. The molecular weight excluding hydrogens is 302 g/mol. The molecule has 0 fully saturated rings. The highest BCUT2D eigenvalue weighted by molar-refractivity contribution is 6.07. The summed E-state index contributed by atoms with van der Waals surface area (Å²) in [6, 6.07) is 6.39. The van der Waals surface area contributed by atoms with Gasteiger partial charge in [-0.1, -0.05) is 6.07 Å². The van der Waals surface area contributed by atoms with Gasteiger partial charge in [0, 0.05) is 5.56 Å². The number of carbonyl (C=O) groups is 1. The van der Waals surface area contributed by atoms with Crippen molar-refractivity contribution in [3.63, 3.8) is 0 Å². The van der Waals surface area contributed by atoms with E-state index in [0.29, 0.717) is 17.1 Å². The molecule has 0 aliphatic carbocycles. The van der Waals surface area contributed by atoms with E-state index in [0.717, 1.165) is 6.20 Å². The highest BCUT2D eigenvalue weighted by Crippen LogP contribution is 2.29. The predicted molar refractivity (Wildman–Crippen MR) is 83.1 cm³/mol. The van der Waals surface area contributed by atoms with Gasteiger partial charge in [-0.2, -0.15) is 0 Å². The standard InChI is InChI=1S/C15H15N3O5/c1-9-7-13(16-8-10(9)18(20)21)17-15(19)14-11(22-2)5-4-6-12(14)23-3/h4-8H,1-3H3,(H,16,17,19). The Hall–Kier alpha value is -3.16. The number of ether oxygens (including phenoxy) is 2. The number of amides is 1. The Morgan fingerprint density at radius 1 is 1.26 bits per heavy atom. The summed E-state index contributed by atoms with van der Waals surface area (Å²) in [5.41, 5.74) is 0.500. The number of anilines is 1. The summed E-state index contributed by atoms with van der Waals surface area (Å²) >= 11 is 0. The first-order valence-corrected chi connectivity index (χ1v) is 6.61. The van der Waals surface area contributed by atoms with Crippen LogP contribution in [0.1, 0.15) is 15.9 Å². The summed E-state index contributed by atoms with van der Waals surface area (Å²) in [7, 11) is 2.89. The van der Waals surface area contributed by atoms with Crippen LogP contribution in [0.5, 0.6) is 11.5 Å². The average Bonchev–Trinajstić information content (AvgIpc) is 2.53. The summed E-state index contributed by atoms with van der Waals surface area (Å²) < 4.78 is 10.3. The van der Waals surface area contributed by atoms with Gasteiger partial charge in [0.05, 0.1) is 19.1 Å². The van der Waals surface area contributed by atoms with E-state index in [2.05, 4.69) is 10.3 Å². The Balaban J connectivity index is 2.33. The highest BCUT2D eigenvalue weighted by Gasteiger charge is 2.19. The minimum absolute atomic E-state index is 0.113. The van der Waals surface area contributed by atoms with E-state index < -0.39 is 10.8 Å². The van der Waals surface area contributed by atoms with E-state index in [4.69, 9.17) is 9.47 Å². The number of aryl methyl sites for hydroxylation is 1. The van der Waals surface area contributed by atoms with Gasteiger partial charge in [-0.3, -0.25) is 14.9 Å². The molecule has 120 valence electrons. The molecule has 0 aliphatic heterocycles. The molecule has 2 aromatic rings. The van der Waals surface area contributed by atoms with Gasteiger partial charge in [-0.05, 0) is 25.1 Å². The Morgan fingerprint density at radius 2 is 1.87 bits per heavy atom. The van der Waals surface area contributed by atoms with E-state index in [1.165, 1.54) is 20.3 Å². The third-order valence-corrected chi connectivity index (χ3v) is 3.18. The molecule has 0 bridgehead atoms. The SMILES string of the molecule is COc1cccc(OC)c1C(=O)Nc1cc(C)c([N+](=O)[O-])cn1. The van der Waals surface area contributed by atoms with Crippen LogP contribution < -0.4 is 14.8 Å². The lowest BCUT2D eigenvalue weighted by atomic mass is 10.1. The fourth-order valence-electron chi connectivity index (χ4n) is 2.06. The largest absolute Gasteiger partial charge is 0.496 e. The van der Waals surface area contributed by atoms with Gasteiger partial charge < -0.3 is 14.8 Å². The van der Waals surface area contributed by atoms with Crippen LogP contribution in [0, 0.1) is 17.0 Å². The van der Waals surface area contributed by atoms with Crippen molar-refractivity contribution in [1.82, 2.24) is 4.98 Å². The number of benzene rings is 1. The predicted octanol–water partition coefficient (Wildman–Crippen LogP) is 2.57. The van der Waals surface area contributed by atoms with Gasteiger partial charge >= 0.3 is 0 Å². The highest BCUT2D eigenvalue weighted by atomic mass is 16.6. The smallest absolute Gasteiger partial charge is 0.290 e. The molecule has 23 heavy (non-hydrogen) atoms. The van der Waals surface area contributed by atoms with Crippen molar-refractivity contribution in [3.05, 3.63) is 51.7 Å². The molecule has 8 heteroatoms. The van der Waals surface area contributed by atoms with Crippen LogP contribution in [0.4, 0.5) is 11.5 Å². The zero-order valence-electron chi connectivity index (χ0n) is 12.8. The van der Waals surface area contributed by atoms with Crippen LogP contribution in [-0.2, 0) is 0 Å². The third kappa shape index (κ3) is 3.37. The molecule has 0 unspecified atom stereocenters. The topological polar surface area (TPSA) is 104 Å². The number of methoxy groups -OCH3 is 2. The maximum absolute atomic E-state index is 12.5. The van der Waals surface area contributed by atoms with E-state index in [1.807, 2.05) is 0 Å². The molecule has 0 atom stereocenters. The van der Waals surface area contributed by atoms with Gasteiger partial charge in [0.2, 0.25) is 0 Å². The van der Waals surface area contributed by atoms with Gasteiger partial charge in [0.15, 0.2) is 0 Å². The van der Waals surface area contributed by atoms with Crippen molar-refractivity contribution in [2.45, 2.75) is 6.92 Å². The molecule has 0 saturated heterocycles. The van der Waals surface area contributed by atoms with Crippen LogP contribution in [0.3, 0.4) is 0 Å². The quantitative estimate of drug-likeness (QED) is 0.671. The zero-order chi connectivity index (χ0) is 17.0. The van der Waals surface area contributed by atoms with Crippen molar-refractivity contribution in [2.24, 2.45) is 0 Å². The molecule has 1 aromatic carbocycles. The second-order valence-electron chi connectivity index (χ2n) is 4.60. The van der Waals surface area contributed by atoms with E-state index in [9.17, 15) is 14.9 Å². The average molecular weight is 317 g/mol. The lowest BCUT2D eigenvalue weighted by Crippen LogP contribution is -2.15. The van der Waals surface area contributed by atoms with Crippen molar-refractivity contribution in [3.8, 4) is 11.5 Å². The Morgan fingerprint density at radius 3 is 2.35 bits per heavy atom. The number of rotatable bonds is 5. The number of nitrogens with one attached hydrogen (secondary N) is 1. The molecule has 0 radical (unpaired) electrons. The van der Waals surface area contributed by atoms with Crippen LogP contribution in [0.2, 0.25) is 0 Å². The number of hydrogen-bond donors (Lipinski definition) is 1. The van der Waals surface area contributed by atoms with Crippen LogP contribution >= 0.6 is 0 Å². The van der Waals surface area contributed by atoms with Crippen molar-refractivity contribution in [1.29, 1.82) is 0 Å². The first kappa shape index (κ1) is 16.2. The molecule has 0 saturated carbocycles. The van der Waals surface area contributed by atoms with Crippen molar-refractivity contribution < 1.29 is 19.2 Å². The normalized spacial score (nSPS) is 10.0. The monoisotopic (exact) mass is 317 g/mol. The van der Waals surface area contributed by atoms with Gasteiger partial charge in [0.1, 0.15) is 29.1 Å². The molecule has 1 N–H and O–H groups in total. The van der Waals surface area contributed by atoms with Crippen LogP contribution in [0.15, 0.2) is 30.5 Å². The molecule has 1 aromatic heterocycles. The molecule has 2 rings (SSSR count). The first-order valence-electron chi connectivity index (χ1n) is 6.61. The number of pyridine rings is 1. The second-order valence-corrected chi connectivity index (χ2v) is 4.60. The molecular formula is C15H15N3O5. The summed E-state index contributed by atoms with van der Waals surface area (Å²) in [5.74, 6) is 0.409. The molecule has 1 amide bonds. The number of nitrogens with zero attached hydrogens (tertiary/aromatic N) is 2. The number of hydrogen-bond acceptors (Lipinski definition) is 6.